The molecule has 126 valence electrons. The highest BCUT2D eigenvalue weighted by Crippen LogP contribution is 2.13. The summed E-state index contributed by atoms with van der Waals surface area (Å²) in [4.78, 5) is 31.6. The highest BCUT2D eigenvalue weighted by molar-refractivity contribution is 5.95. The monoisotopic (exact) mass is 318 g/mol. The molecule has 2 heterocycles. The predicted octanol–water partition coefficient (Wildman–Crippen LogP) is 1.99. The smallest absolute Gasteiger partial charge is 0.255 e. The van der Waals surface area contributed by atoms with Crippen molar-refractivity contribution in [3.05, 3.63) is 24.0 Å². The minimum atomic E-state index is -0.0158. The van der Waals surface area contributed by atoms with Gasteiger partial charge in [0.1, 0.15) is 0 Å². The molecule has 2 amide bonds. The van der Waals surface area contributed by atoms with Gasteiger partial charge in [0.05, 0.1) is 11.3 Å². The fourth-order valence-corrected chi connectivity index (χ4v) is 2.67. The summed E-state index contributed by atoms with van der Waals surface area (Å²) in [6.07, 6.45) is 6.85. The fraction of sp³-hybridized carbons (Fsp3) is 0.588. The molecule has 0 aliphatic carbocycles. The summed E-state index contributed by atoms with van der Waals surface area (Å²) >= 11 is 0. The first kappa shape index (κ1) is 17.2. The van der Waals surface area contributed by atoms with Crippen molar-refractivity contribution in [2.45, 2.75) is 33.1 Å². The van der Waals surface area contributed by atoms with Crippen LogP contribution in [0.25, 0.3) is 0 Å². The van der Waals surface area contributed by atoms with E-state index < -0.39 is 0 Å². The summed E-state index contributed by atoms with van der Waals surface area (Å²) in [5, 5.41) is 3.31. The van der Waals surface area contributed by atoms with Gasteiger partial charge in [0.25, 0.3) is 5.91 Å². The summed E-state index contributed by atoms with van der Waals surface area (Å²) in [6, 6.07) is 1.86. The molecule has 0 unspecified atom stereocenters. The number of pyridine rings is 1. The number of piperazine rings is 1. The van der Waals surface area contributed by atoms with Crippen LogP contribution in [-0.4, -0.2) is 59.3 Å². The normalized spacial score (nSPS) is 14.7. The van der Waals surface area contributed by atoms with Gasteiger partial charge in [-0.05, 0) is 12.5 Å². The van der Waals surface area contributed by atoms with E-state index >= 15 is 0 Å². The summed E-state index contributed by atoms with van der Waals surface area (Å²) in [6.45, 7) is 6.98. The van der Waals surface area contributed by atoms with Crippen LogP contribution < -0.4 is 5.32 Å². The highest BCUT2D eigenvalue weighted by Gasteiger charge is 2.23. The molecular weight excluding hydrogens is 292 g/mol. The number of unbranched alkanes of at least 4 members (excludes halogenated alkanes) is 2. The number of nitrogens with zero attached hydrogens (tertiary/aromatic N) is 3. The first-order valence-corrected chi connectivity index (χ1v) is 8.35. The second kappa shape index (κ2) is 8.50. The van der Waals surface area contributed by atoms with Gasteiger partial charge in [-0.25, -0.2) is 0 Å². The van der Waals surface area contributed by atoms with Gasteiger partial charge in [0.15, 0.2) is 0 Å². The zero-order valence-corrected chi connectivity index (χ0v) is 14.0. The van der Waals surface area contributed by atoms with Gasteiger partial charge in [-0.1, -0.05) is 19.8 Å². The molecule has 0 atom stereocenters. The highest BCUT2D eigenvalue weighted by atomic mass is 16.2. The van der Waals surface area contributed by atoms with Crippen molar-refractivity contribution < 1.29 is 9.59 Å². The molecule has 1 aliphatic heterocycles. The molecule has 6 nitrogen and oxygen atoms in total. The SMILES string of the molecule is CCCCCNc1cncc(C(=O)N2CCN(C(C)=O)CC2)c1. The Labute approximate surface area is 137 Å². The lowest BCUT2D eigenvalue weighted by molar-refractivity contribution is -0.130. The average molecular weight is 318 g/mol. The Bertz CT molecular complexity index is 539. The van der Waals surface area contributed by atoms with E-state index in [9.17, 15) is 9.59 Å². The lowest BCUT2D eigenvalue weighted by Crippen LogP contribution is -2.50. The van der Waals surface area contributed by atoms with Gasteiger partial charge in [-0.3, -0.25) is 14.6 Å². The number of nitrogens with one attached hydrogen (secondary N) is 1. The Morgan fingerprint density at radius 1 is 1.13 bits per heavy atom. The first-order chi connectivity index (χ1) is 11.1. The quantitative estimate of drug-likeness (QED) is 0.815. The zero-order valence-electron chi connectivity index (χ0n) is 14.0. The van der Waals surface area contributed by atoms with E-state index in [4.69, 9.17) is 0 Å². The molecule has 23 heavy (non-hydrogen) atoms. The third-order valence-electron chi connectivity index (χ3n) is 4.11. The Morgan fingerprint density at radius 3 is 2.48 bits per heavy atom. The van der Waals surface area contributed by atoms with Crippen LogP contribution in [-0.2, 0) is 4.79 Å². The molecule has 0 saturated carbocycles. The van der Waals surface area contributed by atoms with Crippen LogP contribution >= 0.6 is 0 Å². The van der Waals surface area contributed by atoms with E-state index in [1.807, 2.05) is 6.07 Å². The molecule has 1 fully saturated rings. The molecule has 1 aromatic rings. The number of hydrogen-bond acceptors (Lipinski definition) is 4. The lowest BCUT2D eigenvalue weighted by atomic mass is 10.2. The molecule has 6 heteroatoms. The minimum Gasteiger partial charge on any atom is -0.384 e. The zero-order chi connectivity index (χ0) is 16.7. The van der Waals surface area contributed by atoms with Gasteiger partial charge in [-0.15, -0.1) is 0 Å². The lowest BCUT2D eigenvalue weighted by Gasteiger charge is -2.34. The molecule has 0 radical (unpaired) electrons. The van der Waals surface area contributed by atoms with Crippen molar-refractivity contribution >= 4 is 17.5 Å². The van der Waals surface area contributed by atoms with Crippen LogP contribution in [0.1, 0.15) is 43.5 Å². The Balaban J connectivity index is 1.91. The fourth-order valence-electron chi connectivity index (χ4n) is 2.67. The largest absolute Gasteiger partial charge is 0.384 e. The molecule has 1 saturated heterocycles. The molecule has 1 aromatic heterocycles. The van der Waals surface area contributed by atoms with E-state index in [1.54, 1.807) is 29.1 Å². The van der Waals surface area contributed by atoms with Crippen LogP contribution in [0.2, 0.25) is 0 Å². The second-order valence-electron chi connectivity index (χ2n) is 5.89. The topological polar surface area (TPSA) is 65.5 Å². The molecule has 0 aromatic carbocycles. The molecule has 1 aliphatic rings. The molecule has 1 N–H and O–H groups in total. The number of aromatic nitrogens is 1. The van der Waals surface area contributed by atoms with E-state index in [0.29, 0.717) is 31.7 Å². The Morgan fingerprint density at radius 2 is 1.83 bits per heavy atom. The van der Waals surface area contributed by atoms with E-state index in [0.717, 1.165) is 18.7 Å². The van der Waals surface area contributed by atoms with Crippen LogP contribution in [0.4, 0.5) is 5.69 Å². The van der Waals surface area contributed by atoms with Gasteiger partial charge >= 0.3 is 0 Å². The van der Waals surface area contributed by atoms with E-state index in [1.165, 1.54) is 12.8 Å². The Hall–Kier alpha value is -2.11. The van der Waals surface area contributed by atoms with Gasteiger partial charge in [0, 0.05) is 52.0 Å². The van der Waals surface area contributed by atoms with Gasteiger partial charge in [-0.2, -0.15) is 0 Å². The first-order valence-electron chi connectivity index (χ1n) is 8.35. The van der Waals surface area contributed by atoms with Crippen LogP contribution in [0, 0.1) is 0 Å². The average Bonchev–Trinajstić information content (AvgIpc) is 2.58. The minimum absolute atomic E-state index is 0.0158. The van der Waals surface area contributed by atoms with Crippen molar-refractivity contribution in [3.63, 3.8) is 0 Å². The summed E-state index contributed by atoms with van der Waals surface area (Å²) in [5.74, 6) is 0.0509. The molecule has 2 rings (SSSR count). The van der Waals surface area contributed by atoms with Gasteiger partial charge in [0.2, 0.25) is 5.91 Å². The van der Waals surface area contributed by atoms with Crippen molar-refractivity contribution in [1.82, 2.24) is 14.8 Å². The number of carbonyl (C=O) groups is 2. The number of rotatable bonds is 6. The van der Waals surface area contributed by atoms with Crippen LogP contribution in [0.15, 0.2) is 18.5 Å². The van der Waals surface area contributed by atoms with Crippen molar-refractivity contribution in [2.75, 3.05) is 38.0 Å². The predicted molar refractivity (Wildman–Crippen MR) is 90.4 cm³/mol. The van der Waals surface area contributed by atoms with Crippen LogP contribution in [0.3, 0.4) is 0 Å². The summed E-state index contributed by atoms with van der Waals surface area (Å²) < 4.78 is 0. The maximum absolute atomic E-state index is 12.6. The maximum Gasteiger partial charge on any atom is 0.255 e. The number of hydrogen-bond donors (Lipinski definition) is 1. The Kier molecular flexibility index (Phi) is 6.38. The van der Waals surface area contributed by atoms with Crippen molar-refractivity contribution in [3.8, 4) is 0 Å². The molecular formula is C17H26N4O2. The number of anilines is 1. The van der Waals surface area contributed by atoms with Gasteiger partial charge < -0.3 is 15.1 Å². The molecule has 0 spiro atoms. The van der Waals surface area contributed by atoms with Crippen molar-refractivity contribution in [1.29, 1.82) is 0 Å². The second-order valence-corrected chi connectivity index (χ2v) is 5.89. The maximum atomic E-state index is 12.6. The van der Waals surface area contributed by atoms with Crippen LogP contribution in [0.5, 0.6) is 0 Å². The van der Waals surface area contributed by atoms with E-state index in [2.05, 4.69) is 17.2 Å². The third kappa shape index (κ3) is 4.94. The van der Waals surface area contributed by atoms with Crippen molar-refractivity contribution in [2.24, 2.45) is 0 Å². The molecule has 0 bridgehead atoms. The standard InChI is InChI=1S/C17H26N4O2/c1-3-4-5-6-19-16-11-15(12-18-13-16)17(23)21-9-7-20(8-10-21)14(2)22/h11-13,19H,3-10H2,1-2H3. The number of carbonyl (C=O) groups excluding carboxylic acids is 2. The number of amides is 2. The summed E-state index contributed by atoms with van der Waals surface area (Å²) in [5.41, 5.74) is 1.48. The van der Waals surface area contributed by atoms with E-state index in [-0.39, 0.29) is 11.8 Å². The summed E-state index contributed by atoms with van der Waals surface area (Å²) in [7, 11) is 0. The third-order valence-corrected chi connectivity index (χ3v) is 4.11.